The number of carbonyl (C=O) groups excluding carboxylic acids is 1. The molecule has 1 N–H and O–H groups in total. The molecule has 138 valence electrons. The van der Waals surface area contributed by atoms with E-state index < -0.39 is 0 Å². The van der Waals surface area contributed by atoms with Crippen LogP contribution in [-0.2, 0) is 4.74 Å². The molecular formula is C21H19FN2O3. The Morgan fingerprint density at radius 1 is 1.19 bits per heavy atom. The van der Waals surface area contributed by atoms with Crippen LogP contribution in [-0.4, -0.2) is 25.2 Å². The molecule has 27 heavy (non-hydrogen) atoms. The van der Waals surface area contributed by atoms with Crippen molar-refractivity contribution in [2.24, 2.45) is 4.99 Å². The fourth-order valence-corrected chi connectivity index (χ4v) is 3.05. The van der Waals surface area contributed by atoms with Crippen LogP contribution in [0, 0.1) is 5.82 Å². The van der Waals surface area contributed by atoms with Crippen molar-refractivity contribution in [3.63, 3.8) is 0 Å². The van der Waals surface area contributed by atoms with Gasteiger partial charge in [-0.05, 0) is 49.2 Å². The van der Waals surface area contributed by atoms with Crippen LogP contribution in [0.25, 0.3) is 11.0 Å². The zero-order valence-electron chi connectivity index (χ0n) is 14.7. The highest BCUT2D eigenvalue weighted by Crippen LogP contribution is 2.16. The summed E-state index contributed by atoms with van der Waals surface area (Å²) in [5.74, 6) is -0.625. The molecule has 5 nitrogen and oxygen atoms in total. The number of fused-ring (bicyclic) bond motifs is 1. The Labute approximate surface area is 155 Å². The minimum Gasteiger partial charge on any atom is -0.438 e. The highest BCUT2D eigenvalue weighted by molar-refractivity contribution is 5.96. The van der Waals surface area contributed by atoms with Crippen molar-refractivity contribution in [1.29, 1.82) is 0 Å². The molecule has 1 atom stereocenters. The quantitative estimate of drug-likeness (QED) is 0.766. The number of nitrogens with one attached hydrogen (secondary N) is 1. The third-order valence-corrected chi connectivity index (χ3v) is 4.47. The standard InChI is InChI=1S/C21H19FN2O3/c22-15-7-9-16(10-8-15)24-21-18(12-14-4-1-2-6-19(14)27-21)20(25)23-13-17-5-3-11-26-17/h1-2,4,6-10,12,17H,3,5,11,13H2,(H,23,25)/t17-/m0/s1. The summed E-state index contributed by atoms with van der Waals surface area (Å²) >= 11 is 0. The van der Waals surface area contributed by atoms with Gasteiger partial charge in [0.2, 0.25) is 5.55 Å². The smallest absolute Gasteiger partial charge is 0.256 e. The molecule has 0 saturated carbocycles. The molecule has 0 unspecified atom stereocenters. The number of rotatable bonds is 4. The molecular weight excluding hydrogens is 347 g/mol. The first-order valence-electron chi connectivity index (χ1n) is 8.92. The van der Waals surface area contributed by atoms with Gasteiger partial charge in [-0.1, -0.05) is 18.2 Å². The Hall–Kier alpha value is -2.99. The molecule has 1 aliphatic rings. The molecule has 0 spiro atoms. The van der Waals surface area contributed by atoms with Crippen molar-refractivity contribution in [2.45, 2.75) is 18.9 Å². The number of para-hydroxylation sites is 1. The van der Waals surface area contributed by atoms with E-state index in [0.29, 0.717) is 23.4 Å². The molecule has 4 rings (SSSR count). The first kappa shape index (κ1) is 17.4. The summed E-state index contributed by atoms with van der Waals surface area (Å²) in [6.07, 6.45) is 2.00. The Morgan fingerprint density at radius 2 is 2.00 bits per heavy atom. The summed E-state index contributed by atoms with van der Waals surface area (Å²) in [5, 5.41) is 3.70. The van der Waals surface area contributed by atoms with Crippen LogP contribution in [0.3, 0.4) is 0 Å². The first-order chi connectivity index (χ1) is 13.2. The Balaban J connectivity index is 1.72. The van der Waals surface area contributed by atoms with Crippen molar-refractivity contribution in [2.75, 3.05) is 13.2 Å². The van der Waals surface area contributed by atoms with E-state index in [-0.39, 0.29) is 23.4 Å². The lowest BCUT2D eigenvalue weighted by atomic mass is 10.1. The maximum atomic E-state index is 13.1. The van der Waals surface area contributed by atoms with Gasteiger partial charge in [0.25, 0.3) is 5.91 Å². The van der Waals surface area contributed by atoms with Gasteiger partial charge in [-0.2, -0.15) is 0 Å². The van der Waals surface area contributed by atoms with Gasteiger partial charge in [-0.15, -0.1) is 0 Å². The third kappa shape index (κ3) is 4.06. The molecule has 2 aromatic carbocycles. The minimum atomic E-state index is -0.348. The fraction of sp³-hybridized carbons (Fsp3) is 0.238. The molecule has 0 aliphatic carbocycles. The Kier molecular flexibility index (Phi) is 4.98. The highest BCUT2D eigenvalue weighted by Gasteiger charge is 2.18. The lowest BCUT2D eigenvalue weighted by Crippen LogP contribution is -2.34. The normalized spacial score (nSPS) is 17.4. The van der Waals surface area contributed by atoms with Crippen molar-refractivity contribution in [1.82, 2.24) is 5.32 Å². The highest BCUT2D eigenvalue weighted by atomic mass is 19.1. The summed E-state index contributed by atoms with van der Waals surface area (Å²) in [6, 6.07) is 14.9. The van der Waals surface area contributed by atoms with Crippen LogP contribution in [0.15, 0.2) is 64.0 Å². The number of halogens is 1. The number of ether oxygens (including phenoxy) is 1. The minimum absolute atomic E-state index is 0.0452. The molecule has 1 aliphatic heterocycles. The molecule has 1 fully saturated rings. The Morgan fingerprint density at radius 3 is 2.78 bits per heavy atom. The van der Waals surface area contributed by atoms with Crippen molar-refractivity contribution < 1.29 is 18.3 Å². The number of benzene rings is 2. The van der Waals surface area contributed by atoms with Crippen LogP contribution >= 0.6 is 0 Å². The molecule has 1 saturated heterocycles. The summed E-state index contributed by atoms with van der Waals surface area (Å²) in [5.41, 5.74) is 1.64. The second-order valence-corrected chi connectivity index (χ2v) is 6.44. The van der Waals surface area contributed by atoms with E-state index in [1.807, 2.05) is 24.3 Å². The number of hydrogen-bond donors (Lipinski definition) is 1. The summed E-state index contributed by atoms with van der Waals surface area (Å²) in [7, 11) is 0. The monoisotopic (exact) mass is 366 g/mol. The lowest BCUT2D eigenvalue weighted by Gasteiger charge is -2.11. The van der Waals surface area contributed by atoms with Crippen molar-refractivity contribution >= 4 is 22.6 Å². The first-order valence-corrected chi connectivity index (χ1v) is 8.92. The van der Waals surface area contributed by atoms with E-state index in [2.05, 4.69) is 10.3 Å². The second kappa shape index (κ2) is 7.72. The lowest BCUT2D eigenvalue weighted by molar-refractivity contribution is 0.0854. The van der Waals surface area contributed by atoms with Gasteiger partial charge in [-0.3, -0.25) is 4.79 Å². The van der Waals surface area contributed by atoms with E-state index in [1.54, 1.807) is 6.07 Å². The molecule has 1 aromatic heterocycles. The fourth-order valence-electron chi connectivity index (χ4n) is 3.05. The number of carbonyl (C=O) groups is 1. The van der Waals surface area contributed by atoms with Gasteiger partial charge >= 0.3 is 0 Å². The van der Waals surface area contributed by atoms with Gasteiger partial charge in [0.05, 0.1) is 11.8 Å². The summed E-state index contributed by atoms with van der Waals surface area (Å²) < 4.78 is 24.6. The second-order valence-electron chi connectivity index (χ2n) is 6.44. The number of nitrogens with zero attached hydrogens (tertiary/aromatic N) is 1. The maximum Gasteiger partial charge on any atom is 0.256 e. The molecule has 0 radical (unpaired) electrons. The van der Waals surface area contributed by atoms with Gasteiger partial charge in [0, 0.05) is 18.5 Å². The zero-order chi connectivity index (χ0) is 18.6. The van der Waals surface area contributed by atoms with Crippen LogP contribution in [0.5, 0.6) is 0 Å². The number of hydrogen-bond acceptors (Lipinski definition) is 4. The van der Waals surface area contributed by atoms with Crippen molar-refractivity contribution in [3.05, 3.63) is 71.5 Å². The van der Waals surface area contributed by atoms with Gasteiger partial charge in [0.1, 0.15) is 17.0 Å². The third-order valence-electron chi connectivity index (χ3n) is 4.47. The van der Waals surface area contributed by atoms with E-state index >= 15 is 0 Å². The SMILES string of the molecule is O=C(NC[C@@H]1CCCO1)c1cc2ccccc2oc1=Nc1ccc(F)cc1. The largest absolute Gasteiger partial charge is 0.438 e. The van der Waals surface area contributed by atoms with Crippen LogP contribution in [0.4, 0.5) is 10.1 Å². The molecule has 3 aromatic rings. The topological polar surface area (TPSA) is 63.8 Å². The predicted octanol–water partition coefficient (Wildman–Crippen LogP) is 3.71. The molecule has 0 bridgehead atoms. The van der Waals surface area contributed by atoms with Gasteiger partial charge in [-0.25, -0.2) is 9.38 Å². The van der Waals surface area contributed by atoms with Crippen LogP contribution < -0.4 is 10.9 Å². The predicted molar refractivity (Wildman–Crippen MR) is 99.1 cm³/mol. The van der Waals surface area contributed by atoms with E-state index in [9.17, 15) is 9.18 Å². The summed E-state index contributed by atoms with van der Waals surface area (Å²) in [6.45, 7) is 1.18. The maximum absolute atomic E-state index is 13.1. The molecule has 6 heteroatoms. The average Bonchev–Trinajstić information content (AvgIpc) is 3.21. The van der Waals surface area contributed by atoms with Gasteiger partial charge < -0.3 is 14.5 Å². The molecule has 1 amide bonds. The summed E-state index contributed by atoms with van der Waals surface area (Å²) in [4.78, 5) is 17.2. The average molecular weight is 366 g/mol. The van der Waals surface area contributed by atoms with Crippen LogP contribution in [0.1, 0.15) is 23.2 Å². The van der Waals surface area contributed by atoms with E-state index in [4.69, 9.17) is 9.15 Å². The van der Waals surface area contributed by atoms with E-state index in [0.717, 1.165) is 24.8 Å². The zero-order valence-corrected chi connectivity index (χ0v) is 14.7. The Bertz CT molecular complexity index is 1020. The van der Waals surface area contributed by atoms with Gasteiger partial charge in [0.15, 0.2) is 0 Å². The van der Waals surface area contributed by atoms with Crippen molar-refractivity contribution in [3.8, 4) is 0 Å². The number of amides is 1. The van der Waals surface area contributed by atoms with Crippen LogP contribution in [0.2, 0.25) is 0 Å². The molecule has 2 heterocycles. The van der Waals surface area contributed by atoms with E-state index in [1.165, 1.54) is 24.3 Å².